The molecule has 3 rings (SSSR count). The minimum Gasteiger partial charge on any atom is -0.465 e. The van der Waals surface area contributed by atoms with E-state index in [0.29, 0.717) is 28.7 Å². The number of nitrogens with one attached hydrogen (secondary N) is 2. The van der Waals surface area contributed by atoms with Gasteiger partial charge in [-0.25, -0.2) is 9.78 Å². The van der Waals surface area contributed by atoms with Crippen molar-refractivity contribution in [2.75, 3.05) is 17.7 Å². The topological polar surface area (TPSA) is 94.6 Å². The monoisotopic (exact) mass is 454 g/mol. The predicted molar refractivity (Wildman–Crippen MR) is 132 cm³/mol. The molecule has 2 N–H and O–H groups in total. The summed E-state index contributed by atoms with van der Waals surface area (Å²) in [5.74, 6) is 0.765. The molecule has 0 saturated carbocycles. The van der Waals surface area contributed by atoms with Gasteiger partial charge in [0.2, 0.25) is 5.95 Å². The molecule has 1 saturated heterocycles. The average Bonchev–Trinajstić information content (AvgIpc) is 3.00. The molecule has 1 aliphatic heterocycles. The standard InChI is InChI=1S/C24H35BN4O4/c1-9-16(10-2)27-20-15(3)14-26-22(29-20)28-17-11-12-19(18(13-17)21(30)31-8)25-32-23(4,5)24(6,7)33-25/h11-14,16H,9-10H2,1-8H3,(H2,26,27,28,29). The Hall–Kier alpha value is -2.65. The molecule has 0 atom stereocenters. The van der Waals surface area contributed by atoms with Crippen LogP contribution in [0.1, 0.15) is 70.3 Å². The summed E-state index contributed by atoms with van der Waals surface area (Å²) in [4.78, 5) is 21.6. The SMILES string of the molecule is CCC(CC)Nc1nc(Nc2ccc(B3OC(C)(C)C(C)(C)O3)c(C(=O)OC)c2)ncc1C. The lowest BCUT2D eigenvalue weighted by molar-refractivity contribution is 0.00578. The van der Waals surface area contributed by atoms with Crippen LogP contribution in [0.15, 0.2) is 24.4 Å². The second-order valence-electron chi connectivity index (χ2n) is 9.39. The van der Waals surface area contributed by atoms with Crippen molar-refractivity contribution < 1.29 is 18.8 Å². The second kappa shape index (κ2) is 9.69. The summed E-state index contributed by atoms with van der Waals surface area (Å²) in [7, 11) is 0.680. The number of carbonyl (C=O) groups excluding carboxylic acids is 1. The van der Waals surface area contributed by atoms with Gasteiger partial charge < -0.3 is 24.7 Å². The van der Waals surface area contributed by atoms with Crippen LogP contribution in [0, 0.1) is 6.92 Å². The van der Waals surface area contributed by atoms with Crippen molar-refractivity contribution >= 4 is 36.0 Å². The number of aromatic nitrogens is 2. The highest BCUT2D eigenvalue weighted by Gasteiger charge is 2.52. The highest BCUT2D eigenvalue weighted by molar-refractivity contribution is 6.63. The van der Waals surface area contributed by atoms with Gasteiger partial charge in [-0.2, -0.15) is 4.98 Å². The number of aryl methyl sites for hydroxylation is 1. The minimum absolute atomic E-state index is 0.344. The van der Waals surface area contributed by atoms with Gasteiger partial charge in [0.25, 0.3) is 0 Å². The van der Waals surface area contributed by atoms with Crippen molar-refractivity contribution in [1.82, 2.24) is 9.97 Å². The first kappa shape index (κ1) is 25.0. The number of ether oxygens (including phenoxy) is 1. The van der Waals surface area contributed by atoms with Crippen LogP contribution in [0.3, 0.4) is 0 Å². The van der Waals surface area contributed by atoms with Crippen LogP contribution in [0.25, 0.3) is 0 Å². The predicted octanol–water partition coefficient (Wildman–Crippen LogP) is 4.21. The number of methoxy groups -OCH3 is 1. The summed E-state index contributed by atoms with van der Waals surface area (Å²) in [6, 6.07) is 5.72. The van der Waals surface area contributed by atoms with Gasteiger partial charge in [-0.1, -0.05) is 19.9 Å². The summed E-state index contributed by atoms with van der Waals surface area (Å²) < 4.78 is 17.3. The van der Waals surface area contributed by atoms with Crippen molar-refractivity contribution in [2.45, 2.75) is 78.6 Å². The molecule has 0 amide bonds. The summed E-state index contributed by atoms with van der Waals surface area (Å²) in [6.45, 7) is 14.2. The second-order valence-corrected chi connectivity index (χ2v) is 9.39. The lowest BCUT2D eigenvalue weighted by atomic mass is 9.75. The molecule has 0 aliphatic carbocycles. The number of rotatable bonds is 8. The third kappa shape index (κ3) is 5.30. The fourth-order valence-corrected chi connectivity index (χ4v) is 3.56. The van der Waals surface area contributed by atoms with E-state index in [4.69, 9.17) is 14.0 Å². The maximum Gasteiger partial charge on any atom is 0.495 e. The Morgan fingerprint density at radius 2 is 1.79 bits per heavy atom. The molecule has 178 valence electrons. The Balaban J connectivity index is 1.89. The van der Waals surface area contributed by atoms with Crippen LogP contribution in [0.4, 0.5) is 17.5 Å². The van der Waals surface area contributed by atoms with Crippen LogP contribution in [0.2, 0.25) is 0 Å². The summed E-state index contributed by atoms with van der Waals surface area (Å²) >= 11 is 0. The molecule has 9 heteroatoms. The molecule has 1 aliphatic rings. The van der Waals surface area contributed by atoms with Crippen LogP contribution in [-0.4, -0.2) is 47.4 Å². The van der Waals surface area contributed by atoms with E-state index in [1.807, 2.05) is 46.8 Å². The smallest absolute Gasteiger partial charge is 0.465 e. The van der Waals surface area contributed by atoms with E-state index in [-0.39, 0.29) is 0 Å². The Labute approximate surface area is 197 Å². The van der Waals surface area contributed by atoms with Crippen LogP contribution in [-0.2, 0) is 14.0 Å². The van der Waals surface area contributed by atoms with Gasteiger partial charge in [-0.05, 0) is 65.1 Å². The highest BCUT2D eigenvalue weighted by Crippen LogP contribution is 2.37. The first-order valence-electron chi connectivity index (χ1n) is 11.5. The van der Waals surface area contributed by atoms with Gasteiger partial charge in [0, 0.05) is 23.5 Å². The number of benzene rings is 1. The molecular weight excluding hydrogens is 419 g/mol. The molecule has 1 aromatic carbocycles. The number of hydrogen-bond donors (Lipinski definition) is 2. The fraction of sp³-hybridized carbons (Fsp3) is 0.542. The zero-order chi connectivity index (χ0) is 24.4. The zero-order valence-corrected chi connectivity index (χ0v) is 20.9. The average molecular weight is 454 g/mol. The van der Waals surface area contributed by atoms with E-state index >= 15 is 0 Å². The van der Waals surface area contributed by atoms with Crippen LogP contribution < -0.4 is 16.1 Å². The van der Waals surface area contributed by atoms with E-state index in [1.54, 1.807) is 12.3 Å². The third-order valence-corrected chi connectivity index (χ3v) is 6.52. The van der Waals surface area contributed by atoms with Crippen molar-refractivity contribution in [3.8, 4) is 0 Å². The Morgan fingerprint density at radius 3 is 2.36 bits per heavy atom. The Bertz CT molecular complexity index is 992. The highest BCUT2D eigenvalue weighted by atomic mass is 16.7. The maximum atomic E-state index is 12.6. The first-order valence-corrected chi connectivity index (χ1v) is 11.5. The molecule has 33 heavy (non-hydrogen) atoms. The summed E-state index contributed by atoms with van der Waals surface area (Å²) in [5, 5.41) is 6.67. The van der Waals surface area contributed by atoms with Crippen LogP contribution in [0.5, 0.6) is 0 Å². The number of nitrogens with zero attached hydrogens (tertiary/aromatic N) is 2. The normalized spacial score (nSPS) is 16.7. The number of carbonyl (C=O) groups is 1. The Morgan fingerprint density at radius 1 is 1.15 bits per heavy atom. The Kier molecular flexibility index (Phi) is 7.34. The lowest BCUT2D eigenvalue weighted by Gasteiger charge is -2.32. The zero-order valence-electron chi connectivity index (χ0n) is 20.9. The van der Waals surface area contributed by atoms with Crippen molar-refractivity contribution in [2.24, 2.45) is 0 Å². The number of anilines is 3. The molecule has 1 fully saturated rings. The van der Waals surface area contributed by atoms with Gasteiger partial charge in [0.15, 0.2) is 0 Å². The van der Waals surface area contributed by atoms with Gasteiger partial charge >= 0.3 is 13.1 Å². The third-order valence-electron chi connectivity index (χ3n) is 6.52. The number of hydrogen-bond acceptors (Lipinski definition) is 8. The van der Waals surface area contributed by atoms with E-state index in [9.17, 15) is 4.79 Å². The van der Waals surface area contributed by atoms with Gasteiger partial charge in [0.1, 0.15) is 5.82 Å². The van der Waals surface area contributed by atoms with Crippen molar-refractivity contribution in [3.63, 3.8) is 0 Å². The summed E-state index contributed by atoms with van der Waals surface area (Å²) in [6.07, 6.45) is 3.79. The largest absolute Gasteiger partial charge is 0.495 e. The van der Waals surface area contributed by atoms with E-state index in [2.05, 4.69) is 34.4 Å². The first-order chi connectivity index (χ1) is 15.5. The number of esters is 1. The fourth-order valence-electron chi connectivity index (χ4n) is 3.56. The molecule has 2 heterocycles. The van der Waals surface area contributed by atoms with Crippen LogP contribution >= 0.6 is 0 Å². The van der Waals surface area contributed by atoms with Gasteiger partial charge in [-0.3, -0.25) is 0 Å². The van der Waals surface area contributed by atoms with Crippen molar-refractivity contribution in [3.05, 3.63) is 35.5 Å². The minimum atomic E-state index is -0.676. The quantitative estimate of drug-likeness (QED) is 0.453. The molecule has 0 unspecified atom stereocenters. The van der Waals surface area contributed by atoms with Gasteiger partial charge in [0.05, 0.1) is 23.9 Å². The van der Waals surface area contributed by atoms with Gasteiger partial charge in [-0.15, -0.1) is 0 Å². The van der Waals surface area contributed by atoms with E-state index < -0.39 is 24.3 Å². The molecule has 8 nitrogen and oxygen atoms in total. The molecule has 2 aromatic rings. The molecule has 0 bridgehead atoms. The van der Waals surface area contributed by atoms with E-state index in [1.165, 1.54) is 7.11 Å². The molecule has 1 aromatic heterocycles. The summed E-state index contributed by atoms with van der Waals surface area (Å²) in [5.41, 5.74) is 1.58. The maximum absolute atomic E-state index is 12.6. The van der Waals surface area contributed by atoms with Crippen molar-refractivity contribution in [1.29, 1.82) is 0 Å². The van der Waals surface area contributed by atoms with E-state index in [0.717, 1.165) is 24.2 Å². The molecule has 0 radical (unpaired) electrons. The molecule has 0 spiro atoms. The lowest BCUT2D eigenvalue weighted by Crippen LogP contribution is -2.41. The molecular formula is C24H35BN4O4.